The maximum atomic E-state index is 13.4. The van der Waals surface area contributed by atoms with Crippen LogP contribution in [0.25, 0.3) is 5.65 Å². The zero-order valence-electron chi connectivity index (χ0n) is 12.0. The van der Waals surface area contributed by atoms with E-state index in [1.807, 2.05) is 25.1 Å². The van der Waals surface area contributed by atoms with Crippen molar-refractivity contribution in [3.05, 3.63) is 62.9 Å². The lowest BCUT2D eigenvalue weighted by Gasteiger charge is -2.09. The van der Waals surface area contributed by atoms with Crippen LogP contribution in [0.2, 0.25) is 0 Å². The molecule has 0 unspecified atom stereocenters. The molecule has 4 nitrogen and oxygen atoms in total. The van der Waals surface area contributed by atoms with Crippen molar-refractivity contribution in [2.45, 2.75) is 13.8 Å². The number of anilines is 1. The largest absolute Gasteiger partial charge is 0.320 e. The molecule has 0 atom stereocenters. The molecule has 0 radical (unpaired) electrons. The molecule has 2 heterocycles. The third-order valence-electron chi connectivity index (χ3n) is 3.41. The number of hydrogen-bond acceptors (Lipinski definition) is 2. The van der Waals surface area contributed by atoms with Gasteiger partial charge in [0.2, 0.25) is 0 Å². The molecule has 1 N–H and O–H groups in total. The van der Waals surface area contributed by atoms with Crippen LogP contribution in [0.1, 0.15) is 21.7 Å². The van der Waals surface area contributed by atoms with Crippen LogP contribution in [0.15, 0.2) is 36.5 Å². The summed E-state index contributed by atoms with van der Waals surface area (Å²) in [6.45, 7) is 3.67. The van der Waals surface area contributed by atoms with E-state index in [2.05, 4.69) is 32.9 Å². The number of amides is 1. The Hall–Kier alpha value is -1.96. The van der Waals surface area contributed by atoms with Gasteiger partial charge in [-0.2, -0.15) is 0 Å². The summed E-state index contributed by atoms with van der Waals surface area (Å²) in [5, 5.41) is 2.87. The van der Waals surface area contributed by atoms with Crippen LogP contribution in [0.3, 0.4) is 0 Å². The minimum absolute atomic E-state index is 0.306. The Morgan fingerprint density at radius 1 is 1.27 bits per heavy atom. The lowest BCUT2D eigenvalue weighted by atomic mass is 10.2. The molecule has 1 amide bonds. The summed E-state index contributed by atoms with van der Waals surface area (Å²) in [5.41, 5.74) is 3.15. The van der Waals surface area contributed by atoms with Crippen LogP contribution in [-0.4, -0.2) is 15.3 Å². The van der Waals surface area contributed by atoms with Crippen LogP contribution in [0, 0.1) is 23.2 Å². The Labute approximate surface area is 140 Å². The number of halogens is 2. The summed E-state index contributed by atoms with van der Waals surface area (Å²) < 4.78 is 16.0. The van der Waals surface area contributed by atoms with E-state index >= 15 is 0 Å². The first-order chi connectivity index (χ1) is 10.5. The van der Waals surface area contributed by atoms with Crippen molar-refractivity contribution in [1.29, 1.82) is 0 Å². The minimum Gasteiger partial charge on any atom is -0.320 e. The molecule has 112 valence electrons. The quantitative estimate of drug-likeness (QED) is 0.652. The van der Waals surface area contributed by atoms with Gasteiger partial charge in [-0.3, -0.25) is 9.20 Å². The third-order valence-corrected chi connectivity index (χ3v) is 4.08. The molecule has 0 aliphatic heterocycles. The Kier molecular flexibility index (Phi) is 3.86. The lowest BCUT2D eigenvalue weighted by Crippen LogP contribution is -2.16. The number of fused-ring (bicyclic) bond motifs is 1. The number of carbonyl (C=O) groups is 1. The molecule has 6 heteroatoms. The first-order valence-electron chi connectivity index (χ1n) is 6.67. The van der Waals surface area contributed by atoms with Gasteiger partial charge >= 0.3 is 0 Å². The highest BCUT2D eigenvalue weighted by molar-refractivity contribution is 14.1. The molecular weight excluding hydrogens is 396 g/mol. The minimum atomic E-state index is -0.413. The number of nitrogens with one attached hydrogen (secondary N) is 1. The summed E-state index contributed by atoms with van der Waals surface area (Å²) >= 11 is 2.22. The van der Waals surface area contributed by atoms with Crippen LogP contribution in [-0.2, 0) is 0 Å². The smallest absolute Gasteiger partial charge is 0.274 e. The van der Waals surface area contributed by atoms with Gasteiger partial charge in [-0.15, -0.1) is 0 Å². The van der Waals surface area contributed by atoms with Gasteiger partial charge in [0.05, 0.1) is 5.69 Å². The van der Waals surface area contributed by atoms with Gasteiger partial charge in [0.15, 0.2) is 0 Å². The number of aryl methyl sites for hydroxylation is 2. The predicted octanol–water partition coefficient (Wildman–Crippen LogP) is 3.95. The van der Waals surface area contributed by atoms with Gasteiger partial charge in [0, 0.05) is 15.5 Å². The highest BCUT2D eigenvalue weighted by atomic mass is 127. The fraction of sp³-hybridized carbons (Fsp3) is 0.125. The average Bonchev–Trinajstić information content (AvgIpc) is 2.77. The average molecular weight is 409 g/mol. The molecule has 22 heavy (non-hydrogen) atoms. The fourth-order valence-electron chi connectivity index (χ4n) is 2.36. The van der Waals surface area contributed by atoms with Crippen LogP contribution < -0.4 is 5.32 Å². The van der Waals surface area contributed by atoms with Gasteiger partial charge < -0.3 is 5.32 Å². The number of nitrogens with zero attached hydrogens (tertiary/aromatic N) is 2. The second-order valence-electron chi connectivity index (χ2n) is 5.03. The molecule has 0 spiro atoms. The zero-order chi connectivity index (χ0) is 15.9. The highest BCUT2D eigenvalue weighted by Crippen LogP contribution is 2.20. The van der Waals surface area contributed by atoms with Crippen LogP contribution >= 0.6 is 22.6 Å². The molecule has 3 rings (SSSR count). The third kappa shape index (κ3) is 2.70. The lowest BCUT2D eigenvalue weighted by molar-refractivity contribution is 0.102. The fourth-order valence-corrected chi connectivity index (χ4v) is 3.01. The van der Waals surface area contributed by atoms with E-state index in [9.17, 15) is 9.18 Å². The second kappa shape index (κ2) is 5.68. The molecule has 0 bridgehead atoms. The highest BCUT2D eigenvalue weighted by Gasteiger charge is 2.17. The van der Waals surface area contributed by atoms with Crippen LogP contribution in [0.5, 0.6) is 0 Å². The number of benzene rings is 1. The van der Waals surface area contributed by atoms with Gasteiger partial charge in [-0.1, -0.05) is 0 Å². The molecule has 0 saturated carbocycles. The molecular formula is C16H13FIN3O. The molecule has 3 aromatic rings. The summed E-state index contributed by atoms with van der Waals surface area (Å²) in [6, 6.07) is 8.64. The maximum Gasteiger partial charge on any atom is 0.274 e. The number of pyridine rings is 1. The van der Waals surface area contributed by atoms with E-state index < -0.39 is 5.82 Å². The second-order valence-corrected chi connectivity index (χ2v) is 6.28. The standard InChI is InChI=1S/C16H13FIN3O/c1-9-7-12(18)4-5-13(9)20-16(22)15-10(2)19-14-6-3-11(17)8-21(14)15/h3-8H,1-2H3,(H,20,22). The Balaban J connectivity index is 2.02. The van der Waals surface area contributed by atoms with Gasteiger partial charge in [0.25, 0.3) is 5.91 Å². The normalized spacial score (nSPS) is 10.9. The van der Waals surface area contributed by atoms with Crippen LogP contribution in [0.4, 0.5) is 10.1 Å². The van der Waals surface area contributed by atoms with E-state index in [4.69, 9.17) is 0 Å². The number of hydrogen-bond donors (Lipinski definition) is 1. The van der Waals surface area contributed by atoms with Crippen molar-refractivity contribution < 1.29 is 9.18 Å². The monoisotopic (exact) mass is 409 g/mol. The Morgan fingerprint density at radius 3 is 2.77 bits per heavy atom. The van der Waals surface area contributed by atoms with E-state index in [0.717, 1.165) is 14.8 Å². The van der Waals surface area contributed by atoms with Gasteiger partial charge in [0.1, 0.15) is 17.2 Å². The van der Waals surface area contributed by atoms with E-state index in [0.29, 0.717) is 17.0 Å². The zero-order valence-corrected chi connectivity index (χ0v) is 14.2. The van der Waals surface area contributed by atoms with E-state index in [1.54, 1.807) is 13.0 Å². The summed E-state index contributed by atoms with van der Waals surface area (Å²) in [7, 11) is 0. The van der Waals surface area contributed by atoms with E-state index in [-0.39, 0.29) is 5.91 Å². The first-order valence-corrected chi connectivity index (χ1v) is 7.75. The number of rotatable bonds is 2. The molecule has 0 aliphatic carbocycles. The predicted molar refractivity (Wildman–Crippen MR) is 91.7 cm³/mol. The topological polar surface area (TPSA) is 46.4 Å². The number of carbonyl (C=O) groups excluding carboxylic acids is 1. The summed E-state index contributed by atoms with van der Waals surface area (Å²) in [6.07, 6.45) is 1.27. The molecule has 0 saturated heterocycles. The summed E-state index contributed by atoms with van der Waals surface area (Å²) in [5.74, 6) is -0.718. The first kappa shape index (κ1) is 15.0. The molecule has 2 aromatic heterocycles. The summed E-state index contributed by atoms with van der Waals surface area (Å²) in [4.78, 5) is 16.8. The van der Waals surface area contributed by atoms with Crippen molar-refractivity contribution in [2.75, 3.05) is 5.32 Å². The molecule has 0 fully saturated rings. The Morgan fingerprint density at radius 2 is 2.05 bits per heavy atom. The van der Waals surface area contributed by atoms with Crippen molar-refractivity contribution >= 4 is 39.8 Å². The SMILES string of the molecule is Cc1cc(I)ccc1NC(=O)c1c(C)nc2ccc(F)cn12. The van der Waals surface area contributed by atoms with Gasteiger partial charge in [-0.25, -0.2) is 9.37 Å². The Bertz CT molecular complexity index is 888. The van der Waals surface area contributed by atoms with Crippen molar-refractivity contribution in [2.24, 2.45) is 0 Å². The number of imidazole rings is 1. The van der Waals surface area contributed by atoms with Crippen molar-refractivity contribution in [1.82, 2.24) is 9.38 Å². The maximum absolute atomic E-state index is 13.4. The van der Waals surface area contributed by atoms with Gasteiger partial charge in [-0.05, 0) is 72.3 Å². The molecule has 0 aliphatic rings. The molecule has 1 aromatic carbocycles. The van der Waals surface area contributed by atoms with Crippen molar-refractivity contribution in [3.63, 3.8) is 0 Å². The number of aromatic nitrogens is 2. The van der Waals surface area contributed by atoms with Crippen molar-refractivity contribution in [3.8, 4) is 0 Å². The van der Waals surface area contributed by atoms with E-state index in [1.165, 1.54) is 16.7 Å².